The second-order valence-electron chi connectivity index (χ2n) is 3.42. The van der Waals surface area contributed by atoms with E-state index in [9.17, 15) is 9.18 Å². The van der Waals surface area contributed by atoms with E-state index in [1.54, 1.807) is 0 Å². The van der Waals surface area contributed by atoms with Crippen molar-refractivity contribution in [1.82, 2.24) is 0 Å². The molecule has 2 aliphatic rings. The fraction of sp³-hybridized carbons (Fsp3) is 0.875. The van der Waals surface area contributed by atoms with Crippen molar-refractivity contribution in [3.05, 3.63) is 0 Å². The molecular formula is C8H11FO2. The van der Waals surface area contributed by atoms with Gasteiger partial charge in [0.25, 0.3) is 0 Å². The van der Waals surface area contributed by atoms with Crippen LogP contribution < -0.4 is 0 Å². The van der Waals surface area contributed by atoms with Crippen LogP contribution in [0.2, 0.25) is 0 Å². The third-order valence-corrected chi connectivity index (χ3v) is 2.31. The summed E-state index contributed by atoms with van der Waals surface area (Å²) in [4.78, 5) is 11.0. The number of halogens is 1. The molecule has 11 heavy (non-hydrogen) atoms. The predicted molar refractivity (Wildman–Crippen MR) is 36.8 cm³/mol. The molecule has 0 aromatic carbocycles. The van der Waals surface area contributed by atoms with Crippen LogP contribution >= 0.6 is 0 Å². The lowest BCUT2D eigenvalue weighted by Gasteiger charge is -2.30. The zero-order chi connectivity index (χ0) is 7.90. The molecular weight excluding hydrogens is 147 g/mol. The molecule has 2 aliphatic carbocycles. The van der Waals surface area contributed by atoms with Gasteiger partial charge in [0.2, 0.25) is 5.67 Å². The Morgan fingerprint density at radius 2 is 2.09 bits per heavy atom. The predicted octanol–water partition coefficient (Wildman–Crippen LogP) is 1.58. The Morgan fingerprint density at radius 3 is 2.45 bits per heavy atom. The number of ether oxygens (including phenoxy) is 1. The fourth-order valence-electron chi connectivity index (χ4n) is 1.13. The molecule has 0 unspecified atom stereocenters. The van der Waals surface area contributed by atoms with Gasteiger partial charge in [-0.2, -0.15) is 0 Å². The van der Waals surface area contributed by atoms with Crippen LogP contribution in [0.1, 0.15) is 32.1 Å². The van der Waals surface area contributed by atoms with Gasteiger partial charge in [0.15, 0.2) is 0 Å². The van der Waals surface area contributed by atoms with Crippen LogP contribution in [0.5, 0.6) is 0 Å². The van der Waals surface area contributed by atoms with Gasteiger partial charge in [0, 0.05) is 0 Å². The molecule has 0 aromatic rings. The lowest BCUT2D eigenvalue weighted by atomic mass is 9.82. The number of rotatable bonds is 2. The van der Waals surface area contributed by atoms with Gasteiger partial charge in [0.1, 0.15) is 6.10 Å². The third kappa shape index (κ3) is 1.24. The molecule has 2 nitrogen and oxygen atoms in total. The van der Waals surface area contributed by atoms with Crippen LogP contribution in [0.15, 0.2) is 0 Å². The summed E-state index contributed by atoms with van der Waals surface area (Å²) < 4.78 is 18.1. The molecule has 0 amide bonds. The first-order valence-electron chi connectivity index (χ1n) is 4.11. The van der Waals surface area contributed by atoms with Gasteiger partial charge in [-0.25, -0.2) is 9.18 Å². The number of carbonyl (C=O) groups is 1. The minimum Gasteiger partial charge on any atom is -0.460 e. The van der Waals surface area contributed by atoms with Crippen molar-refractivity contribution in [3.8, 4) is 0 Å². The minimum absolute atomic E-state index is 0.0377. The fourth-order valence-corrected chi connectivity index (χ4v) is 1.13. The second-order valence-corrected chi connectivity index (χ2v) is 3.42. The molecule has 0 heterocycles. The van der Waals surface area contributed by atoms with Gasteiger partial charge in [-0.1, -0.05) is 0 Å². The molecule has 0 bridgehead atoms. The normalized spacial score (nSPS) is 27.4. The Kier molecular flexibility index (Phi) is 1.41. The summed E-state index contributed by atoms with van der Waals surface area (Å²) in [6, 6.07) is 0. The highest BCUT2D eigenvalue weighted by molar-refractivity contribution is 5.80. The molecule has 62 valence electrons. The van der Waals surface area contributed by atoms with Gasteiger partial charge in [0.05, 0.1) is 0 Å². The average Bonchev–Trinajstić information content (AvgIpc) is 2.66. The van der Waals surface area contributed by atoms with Crippen molar-refractivity contribution < 1.29 is 13.9 Å². The van der Waals surface area contributed by atoms with Crippen molar-refractivity contribution in [2.75, 3.05) is 0 Å². The SMILES string of the molecule is O=C(OC1CC1)C1(F)CCC1. The summed E-state index contributed by atoms with van der Waals surface area (Å²) in [5.41, 5.74) is -1.61. The van der Waals surface area contributed by atoms with Crippen LogP contribution in [0, 0.1) is 0 Å². The van der Waals surface area contributed by atoms with Gasteiger partial charge in [-0.3, -0.25) is 0 Å². The van der Waals surface area contributed by atoms with Crippen molar-refractivity contribution in [1.29, 1.82) is 0 Å². The topological polar surface area (TPSA) is 26.3 Å². The van der Waals surface area contributed by atoms with Crippen LogP contribution in [0.25, 0.3) is 0 Å². The Hall–Kier alpha value is -0.600. The summed E-state index contributed by atoms with van der Waals surface area (Å²) in [6.07, 6.45) is 3.41. The highest BCUT2D eigenvalue weighted by atomic mass is 19.1. The van der Waals surface area contributed by atoms with Crippen molar-refractivity contribution >= 4 is 5.97 Å². The van der Waals surface area contributed by atoms with Crippen LogP contribution in [-0.2, 0) is 9.53 Å². The van der Waals surface area contributed by atoms with Crippen molar-refractivity contribution in [2.45, 2.75) is 43.9 Å². The van der Waals surface area contributed by atoms with E-state index in [2.05, 4.69) is 0 Å². The lowest BCUT2D eigenvalue weighted by Crippen LogP contribution is -2.42. The van der Waals surface area contributed by atoms with E-state index in [0.29, 0.717) is 12.8 Å². The van der Waals surface area contributed by atoms with Gasteiger partial charge in [-0.15, -0.1) is 0 Å². The number of hydrogen-bond donors (Lipinski definition) is 0. The maximum absolute atomic E-state index is 13.2. The number of hydrogen-bond acceptors (Lipinski definition) is 2. The van der Waals surface area contributed by atoms with Gasteiger partial charge < -0.3 is 4.74 Å². The van der Waals surface area contributed by atoms with E-state index in [1.807, 2.05) is 0 Å². The smallest absolute Gasteiger partial charge is 0.344 e. The maximum atomic E-state index is 13.2. The minimum atomic E-state index is -1.61. The molecule has 2 rings (SSSR count). The highest BCUT2D eigenvalue weighted by Crippen LogP contribution is 2.38. The van der Waals surface area contributed by atoms with Crippen LogP contribution in [0.3, 0.4) is 0 Å². The molecule has 0 aromatic heterocycles. The standard InChI is InChI=1S/C8H11FO2/c9-8(4-1-5-8)7(10)11-6-2-3-6/h6H,1-5H2. The largest absolute Gasteiger partial charge is 0.460 e. The zero-order valence-corrected chi connectivity index (χ0v) is 6.31. The number of esters is 1. The van der Waals surface area contributed by atoms with Crippen molar-refractivity contribution in [3.63, 3.8) is 0 Å². The monoisotopic (exact) mass is 158 g/mol. The third-order valence-electron chi connectivity index (χ3n) is 2.31. The summed E-state index contributed by atoms with van der Waals surface area (Å²) in [5.74, 6) is -0.619. The average molecular weight is 158 g/mol. The second kappa shape index (κ2) is 2.19. The van der Waals surface area contributed by atoms with E-state index >= 15 is 0 Å². The molecule has 0 atom stereocenters. The molecule has 0 saturated heterocycles. The van der Waals surface area contributed by atoms with Crippen LogP contribution in [-0.4, -0.2) is 17.7 Å². The number of carbonyl (C=O) groups excluding carboxylic acids is 1. The summed E-state index contributed by atoms with van der Waals surface area (Å²) >= 11 is 0. The van der Waals surface area contributed by atoms with E-state index in [1.165, 1.54) is 0 Å². The first kappa shape index (κ1) is 7.07. The zero-order valence-electron chi connectivity index (χ0n) is 6.31. The first-order chi connectivity index (χ1) is 5.21. The Balaban J connectivity index is 1.86. The number of alkyl halides is 1. The molecule has 0 N–H and O–H groups in total. The van der Waals surface area contributed by atoms with Crippen molar-refractivity contribution in [2.24, 2.45) is 0 Å². The Morgan fingerprint density at radius 1 is 1.45 bits per heavy atom. The molecule has 3 heteroatoms. The van der Waals surface area contributed by atoms with E-state index in [-0.39, 0.29) is 6.10 Å². The summed E-state index contributed by atoms with van der Waals surface area (Å²) in [5, 5.41) is 0. The summed E-state index contributed by atoms with van der Waals surface area (Å²) in [7, 11) is 0. The lowest BCUT2D eigenvalue weighted by molar-refractivity contribution is -0.165. The van der Waals surface area contributed by atoms with E-state index in [0.717, 1.165) is 19.3 Å². The van der Waals surface area contributed by atoms with E-state index in [4.69, 9.17) is 4.74 Å². The summed E-state index contributed by atoms with van der Waals surface area (Å²) in [6.45, 7) is 0. The maximum Gasteiger partial charge on any atom is 0.344 e. The molecule has 2 fully saturated rings. The highest BCUT2D eigenvalue weighted by Gasteiger charge is 2.47. The first-order valence-corrected chi connectivity index (χ1v) is 4.11. The van der Waals surface area contributed by atoms with Gasteiger partial charge in [-0.05, 0) is 32.1 Å². The molecule has 0 spiro atoms. The molecule has 0 radical (unpaired) electrons. The Labute approximate surface area is 64.7 Å². The molecule has 0 aliphatic heterocycles. The van der Waals surface area contributed by atoms with Crippen LogP contribution in [0.4, 0.5) is 4.39 Å². The van der Waals surface area contributed by atoms with Gasteiger partial charge >= 0.3 is 5.97 Å². The molecule has 2 saturated carbocycles. The quantitative estimate of drug-likeness (QED) is 0.570. The Bertz CT molecular complexity index is 183. The van der Waals surface area contributed by atoms with E-state index < -0.39 is 11.6 Å².